The van der Waals surface area contributed by atoms with Crippen LogP contribution < -0.4 is 14.8 Å². The molecule has 1 aromatic carbocycles. The number of methoxy groups -OCH3 is 2. The van der Waals surface area contributed by atoms with Crippen molar-refractivity contribution in [1.82, 2.24) is 5.32 Å². The van der Waals surface area contributed by atoms with Crippen molar-refractivity contribution in [2.24, 2.45) is 5.41 Å². The summed E-state index contributed by atoms with van der Waals surface area (Å²) in [4.78, 5) is 0. The van der Waals surface area contributed by atoms with E-state index in [4.69, 9.17) is 9.47 Å². The third-order valence-corrected chi connectivity index (χ3v) is 4.30. The van der Waals surface area contributed by atoms with Crippen LogP contribution in [-0.2, 0) is 6.42 Å². The Morgan fingerprint density at radius 3 is 2.45 bits per heavy atom. The average Bonchev–Trinajstić information content (AvgIpc) is 2.54. The lowest BCUT2D eigenvalue weighted by molar-refractivity contribution is 0.275. The van der Waals surface area contributed by atoms with Crippen LogP contribution >= 0.6 is 0 Å². The second-order valence-corrected chi connectivity index (χ2v) is 6.38. The molecule has 0 radical (unpaired) electrons. The molecular weight excluding hydrogens is 250 g/mol. The zero-order valence-corrected chi connectivity index (χ0v) is 13.4. The van der Waals surface area contributed by atoms with Crippen LogP contribution in [0, 0.1) is 5.41 Å². The minimum absolute atomic E-state index is 0.353. The van der Waals surface area contributed by atoms with Crippen LogP contribution in [0.4, 0.5) is 0 Å². The molecule has 0 amide bonds. The van der Waals surface area contributed by atoms with Gasteiger partial charge in [0.1, 0.15) is 0 Å². The maximum Gasteiger partial charge on any atom is 0.161 e. The van der Waals surface area contributed by atoms with E-state index in [0.29, 0.717) is 11.5 Å². The number of ether oxygens (including phenoxy) is 2. The highest BCUT2D eigenvalue weighted by molar-refractivity contribution is 5.49. The van der Waals surface area contributed by atoms with Gasteiger partial charge in [0.2, 0.25) is 0 Å². The van der Waals surface area contributed by atoms with Crippen molar-refractivity contribution < 1.29 is 9.47 Å². The van der Waals surface area contributed by atoms with Gasteiger partial charge in [-0.1, -0.05) is 20.8 Å². The van der Waals surface area contributed by atoms with Gasteiger partial charge in [-0.25, -0.2) is 0 Å². The normalized spacial score (nSPS) is 20.9. The lowest BCUT2D eigenvalue weighted by atomic mass is 9.83. The van der Waals surface area contributed by atoms with Gasteiger partial charge in [-0.3, -0.25) is 0 Å². The molecule has 3 heteroatoms. The van der Waals surface area contributed by atoms with Crippen LogP contribution in [0.3, 0.4) is 0 Å². The van der Waals surface area contributed by atoms with Gasteiger partial charge in [-0.15, -0.1) is 0 Å². The first-order valence-corrected chi connectivity index (χ1v) is 7.49. The lowest BCUT2D eigenvalue weighted by Gasteiger charge is -2.27. The van der Waals surface area contributed by atoms with E-state index in [0.717, 1.165) is 30.9 Å². The zero-order valence-electron chi connectivity index (χ0n) is 13.4. The predicted molar refractivity (Wildman–Crippen MR) is 82.7 cm³/mol. The molecule has 1 aliphatic carbocycles. The van der Waals surface area contributed by atoms with Gasteiger partial charge in [0, 0.05) is 6.04 Å². The van der Waals surface area contributed by atoms with Crippen molar-refractivity contribution in [3.63, 3.8) is 0 Å². The van der Waals surface area contributed by atoms with Crippen LogP contribution in [0.5, 0.6) is 11.5 Å². The molecule has 0 fully saturated rings. The fraction of sp³-hybridized carbons (Fsp3) is 0.647. The average molecular weight is 277 g/mol. The Labute approximate surface area is 122 Å². The Kier molecular flexibility index (Phi) is 4.59. The summed E-state index contributed by atoms with van der Waals surface area (Å²) in [5.74, 6) is 1.66. The van der Waals surface area contributed by atoms with Gasteiger partial charge in [0.15, 0.2) is 11.5 Å². The SMILES string of the molecule is CCNC1CC(C)(C)CCc2cc(OC)c(OC)cc21. The summed E-state index contributed by atoms with van der Waals surface area (Å²) in [5.41, 5.74) is 3.11. The zero-order chi connectivity index (χ0) is 14.8. The van der Waals surface area contributed by atoms with E-state index in [1.165, 1.54) is 17.5 Å². The molecule has 3 nitrogen and oxygen atoms in total. The molecule has 1 aliphatic rings. The molecule has 112 valence electrons. The van der Waals surface area contributed by atoms with E-state index in [9.17, 15) is 0 Å². The highest BCUT2D eigenvalue weighted by Crippen LogP contribution is 2.42. The smallest absolute Gasteiger partial charge is 0.161 e. The topological polar surface area (TPSA) is 30.5 Å². The highest BCUT2D eigenvalue weighted by atomic mass is 16.5. The molecule has 0 aromatic heterocycles. The van der Waals surface area contributed by atoms with Crippen molar-refractivity contribution in [1.29, 1.82) is 0 Å². The Hall–Kier alpha value is -1.22. The van der Waals surface area contributed by atoms with Crippen molar-refractivity contribution >= 4 is 0 Å². The Bertz CT molecular complexity index is 468. The van der Waals surface area contributed by atoms with E-state index < -0.39 is 0 Å². The standard InChI is InChI=1S/C17H27NO2/c1-6-18-14-11-17(2,3)8-7-12-9-15(19-4)16(20-5)10-13(12)14/h9-10,14,18H,6-8,11H2,1-5H3. The summed E-state index contributed by atoms with van der Waals surface area (Å²) in [5, 5.41) is 3.63. The quantitative estimate of drug-likeness (QED) is 0.851. The predicted octanol–water partition coefficient (Wildman–Crippen LogP) is 3.72. The monoisotopic (exact) mass is 277 g/mol. The molecule has 1 aromatic rings. The molecule has 0 bridgehead atoms. The van der Waals surface area contributed by atoms with Crippen LogP contribution in [0.1, 0.15) is 50.8 Å². The number of benzene rings is 1. The van der Waals surface area contributed by atoms with Crippen LogP contribution in [0.2, 0.25) is 0 Å². The molecule has 0 spiro atoms. The summed E-state index contributed by atoms with van der Waals surface area (Å²) < 4.78 is 10.9. The van der Waals surface area contributed by atoms with Crippen molar-refractivity contribution in [3.05, 3.63) is 23.3 Å². The maximum absolute atomic E-state index is 5.47. The molecule has 0 saturated carbocycles. The summed E-state index contributed by atoms with van der Waals surface area (Å²) in [6.45, 7) is 7.86. The highest BCUT2D eigenvalue weighted by Gasteiger charge is 2.30. The number of rotatable bonds is 4. The molecule has 1 atom stereocenters. The Balaban J connectivity index is 2.47. The van der Waals surface area contributed by atoms with E-state index in [-0.39, 0.29) is 0 Å². The summed E-state index contributed by atoms with van der Waals surface area (Å²) in [6, 6.07) is 4.70. The molecule has 2 rings (SSSR count). The lowest BCUT2D eigenvalue weighted by Crippen LogP contribution is -2.25. The second-order valence-electron chi connectivity index (χ2n) is 6.38. The minimum Gasteiger partial charge on any atom is -0.493 e. The van der Waals surface area contributed by atoms with Crippen molar-refractivity contribution in [3.8, 4) is 11.5 Å². The summed E-state index contributed by atoms with van der Waals surface area (Å²) in [6.07, 6.45) is 3.46. The van der Waals surface area contributed by atoms with Gasteiger partial charge in [-0.05, 0) is 54.5 Å². The number of aryl methyl sites for hydroxylation is 1. The summed E-state index contributed by atoms with van der Waals surface area (Å²) in [7, 11) is 3.40. The fourth-order valence-corrected chi connectivity index (χ4v) is 3.14. The molecule has 20 heavy (non-hydrogen) atoms. The first kappa shape index (κ1) is 15.2. The third-order valence-electron chi connectivity index (χ3n) is 4.30. The number of fused-ring (bicyclic) bond motifs is 1. The van der Waals surface area contributed by atoms with E-state index >= 15 is 0 Å². The maximum atomic E-state index is 5.47. The number of nitrogens with one attached hydrogen (secondary N) is 1. The molecule has 0 heterocycles. The number of hydrogen-bond acceptors (Lipinski definition) is 3. The van der Waals surface area contributed by atoms with Gasteiger partial charge >= 0.3 is 0 Å². The first-order valence-electron chi connectivity index (χ1n) is 7.49. The van der Waals surface area contributed by atoms with Gasteiger partial charge < -0.3 is 14.8 Å². The van der Waals surface area contributed by atoms with Gasteiger partial charge in [0.25, 0.3) is 0 Å². The minimum atomic E-state index is 0.353. The third kappa shape index (κ3) is 3.09. The molecular formula is C17H27NO2. The van der Waals surface area contributed by atoms with Gasteiger partial charge in [-0.2, -0.15) is 0 Å². The molecule has 0 aliphatic heterocycles. The molecule has 1 unspecified atom stereocenters. The second kappa shape index (κ2) is 6.04. The van der Waals surface area contributed by atoms with Gasteiger partial charge in [0.05, 0.1) is 14.2 Å². The molecule has 0 saturated heterocycles. The van der Waals surface area contributed by atoms with E-state index in [2.05, 4.69) is 38.2 Å². The number of hydrogen-bond donors (Lipinski definition) is 1. The molecule has 1 N–H and O–H groups in total. The van der Waals surface area contributed by atoms with Crippen LogP contribution in [0.25, 0.3) is 0 Å². The first-order chi connectivity index (χ1) is 9.50. The van der Waals surface area contributed by atoms with Crippen molar-refractivity contribution in [2.45, 2.75) is 46.1 Å². The Morgan fingerprint density at radius 1 is 1.20 bits per heavy atom. The fourth-order valence-electron chi connectivity index (χ4n) is 3.14. The van der Waals surface area contributed by atoms with Crippen LogP contribution in [0.15, 0.2) is 12.1 Å². The van der Waals surface area contributed by atoms with E-state index in [1.54, 1.807) is 14.2 Å². The van der Waals surface area contributed by atoms with E-state index in [1.807, 2.05) is 0 Å². The largest absolute Gasteiger partial charge is 0.493 e. The summed E-state index contributed by atoms with van der Waals surface area (Å²) >= 11 is 0. The Morgan fingerprint density at radius 2 is 1.85 bits per heavy atom. The van der Waals surface area contributed by atoms with Crippen molar-refractivity contribution in [2.75, 3.05) is 20.8 Å². The van der Waals surface area contributed by atoms with Crippen LogP contribution in [-0.4, -0.2) is 20.8 Å².